The maximum Gasteiger partial charge on any atom is 0.0667 e. The molecule has 3 nitrogen and oxygen atoms in total. The van der Waals surface area contributed by atoms with E-state index in [0.717, 1.165) is 13.1 Å². The summed E-state index contributed by atoms with van der Waals surface area (Å²) < 4.78 is 5.06. The summed E-state index contributed by atoms with van der Waals surface area (Å²) in [5.74, 6) is 0. The van der Waals surface area contributed by atoms with Crippen LogP contribution in [0.4, 0.5) is 0 Å². The highest BCUT2D eigenvalue weighted by Gasteiger charge is 2.09. The van der Waals surface area contributed by atoms with E-state index in [-0.39, 0.29) is 11.6 Å². The summed E-state index contributed by atoms with van der Waals surface area (Å²) in [6.45, 7) is 7.70. The molecule has 0 aromatic heterocycles. The Balaban J connectivity index is 3.28. The molecule has 0 aromatic carbocycles. The Hall–Kier alpha value is -0.120. The molecule has 0 rings (SSSR count). The predicted octanol–water partition coefficient (Wildman–Crippen LogP) is 0.348. The van der Waals surface area contributed by atoms with Crippen molar-refractivity contribution in [3.05, 3.63) is 0 Å². The van der Waals surface area contributed by atoms with Gasteiger partial charge in [-0.05, 0) is 20.8 Å². The summed E-state index contributed by atoms with van der Waals surface area (Å²) in [6, 6.07) is 0. The van der Waals surface area contributed by atoms with Gasteiger partial charge >= 0.3 is 0 Å². The van der Waals surface area contributed by atoms with Gasteiger partial charge < -0.3 is 15.8 Å². The number of hydrogen-bond donors (Lipinski definition) is 2. The van der Waals surface area contributed by atoms with Gasteiger partial charge in [-0.15, -0.1) is 0 Å². The zero-order chi connectivity index (χ0) is 8.91. The summed E-state index contributed by atoms with van der Waals surface area (Å²) in [7, 11) is 1.71. The average molecular weight is 160 g/mol. The molecule has 11 heavy (non-hydrogen) atoms. The molecule has 0 aliphatic heterocycles. The van der Waals surface area contributed by atoms with E-state index in [0.29, 0.717) is 0 Å². The van der Waals surface area contributed by atoms with E-state index in [2.05, 4.69) is 5.32 Å². The number of nitrogens with one attached hydrogen (secondary N) is 1. The van der Waals surface area contributed by atoms with Crippen LogP contribution in [0.15, 0.2) is 0 Å². The fourth-order valence-electron chi connectivity index (χ4n) is 0.681. The molecule has 0 aromatic rings. The molecular formula is C8H20N2O. The van der Waals surface area contributed by atoms with Crippen molar-refractivity contribution in [2.45, 2.75) is 32.4 Å². The van der Waals surface area contributed by atoms with Gasteiger partial charge in [-0.25, -0.2) is 0 Å². The molecule has 0 spiro atoms. The van der Waals surface area contributed by atoms with Crippen molar-refractivity contribution in [1.29, 1.82) is 0 Å². The minimum atomic E-state index is -0.131. The van der Waals surface area contributed by atoms with E-state index in [4.69, 9.17) is 10.5 Å². The molecule has 0 fully saturated rings. The van der Waals surface area contributed by atoms with Crippen LogP contribution in [-0.4, -0.2) is 31.8 Å². The van der Waals surface area contributed by atoms with E-state index < -0.39 is 0 Å². The summed E-state index contributed by atoms with van der Waals surface area (Å²) in [6.07, 6.45) is 0.261. The fraction of sp³-hybridized carbons (Fsp3) is 1.00. The van der Waals surface area contributed by atoms with Crippen molar-refractivity contribution in [3.8, 4) is 0 Å². The molecule has 0 aliphatic carbocycles. The molecule has 0 aliphatic rings. The highest BCUT2D eigenvalue weighted by Crippen LogP contribution is 1.93. The Morgan fingerprint density at radius 1 is 1.55 bits per heavy atom. The molecule has 0 bridgehead atoms. The minimum absolute atomic E-state index is 0.131. The van der Waals surface area contributed by atoms with Crippen molar-refractivity contribution in [1.82, 2.24) is 5.32 Å². The smallest absolute Gasteiger partial charge is 0.0667 e. The second-order valence-corrected chi connectivity index (χ2v) is 3.67. The van der Waals surface area contributed by atoms with Crippen molar-refractivity contribution in [3.63, 3.8) is 0 Å². The number of ether oxygens (including phenoxy) is 1. The second kappa shape index (κ2) is 4.70. The normalized spacial score (nSPS) is 15.0. The van der Waals surface area contributed by atoms with Gasteiger partial charge in [-0.2, -0.15) is 0 Å². The Morgan fingerprint density at radius 3 is 2.45 bits per heavy atom. The van der Waals surface area contributed by atoms with Crippen LogP contribution in [0.2, 0.25) is 0 Å². The van der Waals surface area contributed by atoms with Gasteiger partial charge in [-0.3, -0.25) is 0 Å². The molecular weight excluding hydrogens is 140 g/mol. The summed E-state index contributed by atoms with van der Waals surface area (Å²) in [4.78, 5) is 0. The van der Waals surface area contributed by atoms with E-state index in [1.807, 2.05) is 20.8 Å². The molecule has 3 heteroatoms. The molecule has 1 unspecified atom stereocenters. The summed E-state index contributed by atoms with van der Waals surface area (Å²) in [5, 5.41) is 3.23. The predicted molar refractivity (Wildman–Crippen MR) is 47.6 cm³/mol. The molecule has 0 amide bonds. The molecule has 3 N–H and O–H groups in total. The van der Waals surface area contributed by atoms with Crippen LogP contribution in [0.3, 0.4) is 0 Å². The van der Waals surface area contributed by atoms with Gasteiger partial charge in [-0.1, -0.05) is 0 Å². The van der Waals surface area contributed by atoms with Crippen molar-refractivity contribution in [2.75, 3.05) is 20.2 Å². The second-order valence-electron chi connectivity index (χ2n) is 3.67. The molecule has 0 heterocycles. The maximum absolute atomic E-state index is 5.76. The monoisotopic (exact) mass is 160 g/mol. The lowest BCUT2D eigenvalue weighted by atomic mass is 10.1. The molecule has 0 radical (unpaired) electrons. The van der Waals surface area contributed by atoms with Crippen LogP contribution >= 0.6 is 0 Å². The van der Waals surface area contributed by atoms with Crippen LogP contribution < -0.4 is 11.1 Å². The quantitative estimate of drug-likeness (QED) is 0.610. The molecule has 0 saturated carbocycles. The SMILES string of the molecule is COC(C)CNCC(C)(C)N. The van der Waals surface area contributed by atoms with Crippen molar-refractivity contribution >= 4 is 0 Å². The third kappa shape index (κ3) is 7.78. The van der Waals surface area contributed by atoms with Gasteiger partial charge in [0.25, 0.3) is 0 Å². The minimum Gasteiger partial charge on any atom is -0.380 e. The Kier molecular flexibility index (Phi) is 4.65. The summed E-state index contributed by atoms with van der Waals surface area (Å²) >= 11 is 0. The Labute approximate surface area is 69.3 Å². The lowest BCUT2D eigenvalue weighted by molar-refractivity contribution is 0.116. The first kappa shape index (κ1) is 10.9. The van der Waals surface area contributed by atoms with Gasteiger partial charge in [0.2, 0.25) is 0 Å². The third-order valence-electron chi connectivity index (χ3n) is 1.41. The highest BCUT2D eigenvalue weighted by atomic mass is 16.5. The van der Waals surface area contributed by atoms with Crippen LogP contribution in [0, 0.1) is 0 Å². The van der Waals surface area contributed by atoms with Gasteiger partial charge in [0.05, 0.1) is 6.10 Å². The first-order chi connectivity index (χ1) is 4.95. The van der Waals surface area contributed by atoms with Crippen molar-refractivity contribution < 1.29 is 4.74 Å². The molecule has 68 valence electrons. The standard InChI is InChI=1S/C8H20N2O/c1-7(11-4)5-10-6-8(2,3)9/h7,10H,5-6,9H2,1-4H3. The first-order valence-electron chi connectivity index (χ1n) is 3.98. The van der Waals surface area contributed by atoms with Crippen LogP contribution in [0.25, 0.3) is 0 Å². The number of rotatable bonds is 5. The highest BCUT2D eigenvalue weighted by molar-refractivity contribution is 4.74. The maximum atomic E-state index is 5.76. The average Bonchev–Trinajstić information content (AvgIpc) is 1.85. The van der Waals surface area contributed by atoms with E-state index in [1.54, 1.807) is 7.11 Å². The number of methoxy groups -OCH3 is 1. The van der Waals surface area contributed by atoms with Gasteiger partial charge in [0.15, 0.2) is 0 Å². The topological polar surface area (TPSA) is 47.3 Å². The van der Waals surface area contributed by atoms with Crippen LogP contribution in [-0.2, 0) is 4.74 Å². The largest absolute Gasteiger partial charge is 0.380 e. The number of nitrogens with two attached hydrogens (primary N) is 1. The Morgan fingerprint density at radius 2 is 2.09 bits per heavy atom. The van der Waals surface area contributed by atoms with Crippen LogP contribution in [0.1, 0.15) is 20.8 Å². The lowest BCUT2D eigenvalue weighted by Crippen LogP contribution is -2.44. The molecule has 1 atom stereocenters. The van der Waals surface area contributed by atoms with Crippen molar-refractivity contribution in [2.24, 2.45) is 5.73 Å². The Bertz CT molecular complexity index is 98.8. The number of hydrogen-bond acceptors (Lipinski definition) is 3. The molecule has 0 saturated heterocycles. The van der Waals surface area contributed by atoms with E-state index in [1.165, 1.54) is 0 Å². The zero-order valence-electron chi connectivity index (χ0n) is 7.98. The lowest BCUT2D eigenvalue weighted by Gasteiger charge is -2.20. The third-order valence-corrected chi connectivity index (χ3v) is 1.41. The van der Waals surface area contributed by atoms with E-state index >= 15 is 0 Å². The fourth-order valence-corrected chi connectivity index (χ4v) is 0.681. The van der Waals surface area contributed by atoms with Crippen LogP contribution in [0.5, 0.6) is 0 Å². The van der Waals surface area contributed by atoms with Gasteiger partial charge in [0, 0.05) is 25.7 Å². The zero-order valence-corrected chi connectivity index (χ0v) is 7.98. The summed E-state index contributed by atoms with van der Waals surface area (Å²) in [5.41, 5.74) is 5.63. The van der Waals surface area contributed by atoms with Gasteiger partial charge in [0.1, 0.15) is 0 Å². The first-order valence-corrected chi connectivity index (χ1v) is 3.98. The van der Waals surface area contributed by atoms with E-state index in [9.17, 15) is 0 Å².